The number of ether oxygens (including phenoxy) is 1. The second-order valence-electron chi connectivity index (χ2n) is 4.24. The van der Waals surface area contributed by atoms with Crippen LogP contribution in [0.25, 0.3) is 4.96 Å². The highest BCUT2D eigenvalue weighted by molar-refractivity contribution is 9.10. The van der Waals surface area contributed by atoms with Crippen LogP contribution in [0.15, 0.2) is 28.3 Å². The first-order valence-corrected chi connectivity index (χ1v) is 7.71. The van der Waals surface area contributed by atoms with Gasteiger partial charge in [0.2, 0.25) is 5.88 Å². The van der Waals surface area contributed by atoms with E-state index in [9.17, 15) is 0 Å². The van der Waals surface area contributed by atoms with Gasteiger partial charge in [0.1, 0.15) is 10.3 Å². The van der Waals surface area contributed by atoms with Crippen molar-refractivity contribution in [1.82, 2.24) is 14.4 Å². The molecule has 3 aromatic heterocycles. The van der Waals surface area contributed by atoms with Crippen molar-refractivity contribution in [3.63, 3.8) is 0 Å². The second kappa shape index (κ2) is 5.41. The van der Waals surface area contributed by atoms with Crippen LogP contribution >= 0.6 is 27.3 Å². The van der Waals surface area contributed by atoms with Gasteiger partial charge in [-0.1, -0.05) is 0 Å². The van der Waals surface area contributed by atoms with E-state index in [1.165, 1.54) is 0 Å². The fourth-order valence-corrected chi connectivity index (χ4v) is 3.16. The van der Waals surface area contributed by atoms with Crippen molar-refractivity contribution in [3.8, 4) is 5.88 Å². The Morgan fingerprint density at radius 1 is 1.40 bits per heavy atom. The maximum atomic E-state index is 5.34. The summed E-state index contributed by atoms with van der Waals surface area (Å²) in [6, 6.07) is 3.92. The van der Waals surface area contributed by atoms with Gasteiger partial charge < -0.3 is 10.1 Å². The predicted molar refractivity (Wildman–Crippen MR) is 83.6 cm³/mol. The van der Waals surface area contributed by atoms with E-state index in [-0.39, 0.29) is 0 Å². The van der Waals surface area contributed by atoms with Crippen LogP contribution in [0.2, 0.25) is 0 Å². The van der Waals surface area contributed by atoms with E-state index in [1.807, 2.05) is 35.0 Å². The molecule has 0 aliphatic carbocycles. The van der Waals surface area contributed by atoms with Crippen LogP contribution in [0, 0.1) is 6.92 Å². The Labute approximate surface area is 128 Å². The van der Waals surface area contributed by atoms with Gasteiger partial charge in [0.05, 0.1) is 25.0 Å². The molecule has 0 spiro atoms. The quantitative estimate of drug-likeness (QED) is 0.730. The number of anilines is 1. The summed E-state index contributed by atoms with van der Waals surface area (Å²) in [5.41, 5.74) is 2.95. The maximum Gasteiger partial charge on any atom is 0.238 e. The molecular formula is C13H13BrN4OS. The van der Waals surface area contributed by atoms with E-state index in [4.69, 9.17) is 4.74 Å². The van der Waals surface area contributed by atoms with Crippen molar-refractivity contribution in [2.24, 2.45) is 0 Å². The number of pyridine rings is 1. The van der Waals surface area contributed by atoms with E-state index in [2.05, 4.69) is 31.2 Å². The fraction of sp³-hybridized carbons (Fsp3) is 0.231. The number of nitrogens with one attached hydrogen (secondary N) is 1. The number of imidazole rings is 1. The molecule has 0 radical (unpaired) electrons. The number of hydrogen-bond donors (Lipinski definition) is 1. The summed E-state index contributed by atoms with van der Waals surface area (Å²) in [4.78, 5) is 9.74. The molecule has 0 aromatic carbocycles. The average molecular weight is 353 g/mol. The molecule has 0 unspecified atom stereocenters. The minimum absolute atomic E-state index is 0.630. The van der Waals surface area contributed by atoms with E-state index < -0.39 is 0 Å². The molecule has 0 bridgehead atoms. The van der Waals surface area contributed by atoms with Crippen LogP contribution in [0.4, 0.5) is 5.69 Å². The molecule has 3 rings (SSSR count). The maximum absolute atomic E-state index is 5.34. The van der Waals surface area contributed by atoms with Gasteiger partial charge in [-0.05, 0) is 35.0 Å². The number of aryl methyl sites for hydroxylation is 1. The molecule has 20 heavy (non-hydrogen) atoms. The van der Waals surface area contributed by atoms with Gasteiger partial charge in [-0.15, -0.1) is 11.3 Å². The standard InChI is InChI=1S/C13H13BrN4OS/c1-8-9(3-4-11(14)16-8)15-7-10-12(19-2)17-13-18(10)5-6-20-13/h3-6,15H,7H2,1-2H3. The first-order chi connectivity index (χ1) is 9.69. The van der Waals surface area contributed by atoms with E-state index in [1.54, 1.807) is 18.4 Å². The predicted octanol–water partition coefficient (Wildman–Crippen LogP) is 3.48. The smallest absolute Gasteiger partial charge is 0.238 e. The van der Waals surface area contributed by atoms with E-state index in [0.29, 0.717) is 12.4 Å². The first kappa shape index (κ1) is 13.4. The zero-order valence-electron chi connectivity index (χ0n) is 11.1. The van der Waals surface area contributed by atoms with Crippen LogP contribution in [0.3, 0.4) is 0 Å². The normalized spacial score (nSPS) is 10.9. The number of halogens is 1. The summed E-state index contributed by atoms with van der Waals surface area (Å²) in [5.74, 6) is 0.659. The molecule has 0 amide bonds. The van der Waals surface area contributed by atoms with Gasteiger partial charge in [0.15, 0.2) is 4.96 Å². The molecule has 0 saturated heterocycles. The third-order valence-corrected chi connectivity index (χ3v) is 4.21. The third kappa shape index (κ3) is 2.38. The van der Waals surface area contributed by atoms with E-state index in [0.717, 1.165) is 26.6 Å². The number of rotatable bonds is 4. The lowest BCUT2D eigenvalue weighted by atomic mass is 10.3. The molecular weight excluding hydrogens is 340 g/mol. The Morgan fingerprint density at radius 2 is 2.25 bits per heavy atom. The number of thiazole rings is 1. The van der Waals surface area contributed by atoms with Crippen molar-refractivity contribution in [3.05, 3.63) is 39.7 Å². The van der Waals surface area contributed by atoms with Crippen LogP contribution < -0.4 is 10.1 Å². The summed E-state index contributed by atoms with van der Waals surface area (Å²) < 4.78 is 8.21. The number of fused-ring (bicyclic) bond motifs is 1. The summed E-state index contributed by atoms with van der Waals surface area (Å²) in [7, 11) is 1.64. The Morgan fingerprint density at radius 3 is 3.00 bits per heavy atom. The Hall–Kier alpha value is -1.60. The number of hydrogen-bond acceptors (Lipinski definition) is 5. The lowest BCUT2D eigenvalue weighted by molar-refractivity contribution is 0.395. The average Bonchev–Trinajstić information content (AvgIpc) is 2.98. The summed E-state index contributed by atoms with van der Waals surface area (Å²) in [5, 5.41) is 5.39. The molecule has 0 aliphatic rings. The monoisotopic (exact) mass is 352 g/mol. The van der Waals surface area contributed by atoms with Gasteiger partial charge >= 0.3 is 0 Å². The number of methoxy groups -OCH3 is 1. The highest BCUT2D eigenvalue weighted by atomic mass is 79.9. The SMILES string of the molecule is COc1nc2sccn2c1CNc1ccc(Br)nc1C. The molecule has 104 valence electrons. The molecule has 3 heterocycles. The highest BCUT2D eigenvalue weighted by Gasteiger charge is 2.13. The van der Waals surface area contributed by atoms with Gasteiger partial charge in [0.25, 0.3) is 0 Å². The molecule has 0 fully saturated rings. The largest absolute Gasteiger partial charge is 0.480 e. The third-order valence-electron chi connectivity index (χ3n) is 3.02. The minimum atomic E-state index is 0.630. The highest BCUT2D eigenvalue weighted by Crippen LogP contribution is 2.24. The molecule has 7 heteroatoms. The van der Waals surface area contributed by atoms with Crippen LogP contribution in [0.1, 0.15) is 11.4 Å². The summed E-state index contributed by atoms with van der Waals surface area (Å²) >= 11 is 4.95. The molecule has 0 saturated carbocycles. The summed E-state index contributed by atoms with van der Waals surface area (Å²) in [6.45, 7) is 2.60. The van der Waals surface area contributed by atoms with Crippen molar-refractivity contribution < 1.29 is 4.74 Å². The van der Waals surface area contributed by atoms with Crippen molar-refractivity contribution in [2.45, 2.75) is 13.5 Å². The van der Waals surface area contributed by atoms with Crippen LogP contribution in [-0.4, -0.2) is 21.5 Å². The second-order valence-corrected chi connectivity index (χ2v) is 5.93. The van der Waals surface area contributed by atoms with Gasteiger partial charge in [-0.2, -0.15) is 4.98 Å². The molecule has 3 aromatic rings. The molecule has 0 aliphatic heterocycles. The van der Waals surface area contributed by atoms with Gasteiger partial charge in [-0.25, -0.2) is 4.98 Å². The topological polar surface area (TPSA) is 51.5 Å². The lowest BCUT2D eigenvalue weighted by Gasteiger charge is -2.09. The number of aromatic nitrogens is 3. The van der Waals surface area contributed by atoms with Crippen molar-refractivity contribution in [1.29, 1.82) is 0 Å². The van der Waals surface area contributed by atoms with Crippen LogP contribution in [-0.2, 0) is 6.54 Å². The zero-order valence-corrected chi connectivity index (χ0v) is 13.5. The molecule has 5 nitrogen and oxygen atoms in total. The zero-order chi connectivity index (χ0) is 14.1. The Bertz CT molecular complexity index is 752. The van der Waals surface area contributed by atoms with Crippen molar-refractivity contribution >= 4 is 37.9 Å². The first-order valence-electron chi connectivity index (χ1n) is 6.04. The number of nitrogens with zero attached hydrogens (tertiary/aromatic N) is 3. The molecule has 0 atom stereocenters. The Kier molecular flexibility index (Phi) is 3.62. The van der Waals surface area contributed by atoms with E-state index >= 15 is 0 Å². The Balaban J connectivity index is 1.87. The minimum Gasteiger partial charge on any atom is -0.480 e. The lowest BCUT2D eigenvalue weighted by Crippen LogP contribution is -2.05. The fourth-order valence-electron chi connectivity index (χ4n) is 2.03. The van der Waals surface area contributed by atoms with Gasteiger partial charge in [0, 0.05) is 11.6 Å². The van der Waals surface area contributed by atoms with Crippen molar-refractivity contribution in [2.75, 3.05) is 12.4 Å². The van der Waals surface area contributed by atoms with Crippen LogP contribution in [0.5, 0.6) is 5.88 Å². The summed E-state index contributed by atoms with van der Waals surface area (Å²) in [6.07, 6.45) is 2.00. The van der Waals surface area contributed by atoms with Gasteiger partial charge in [-0.3, -0.25) is 4.40 Å². The molecule has 1 N–H and O–H groups in total.